The van der Waals surface area contributed by atoms with E-state index in [2.05, 4.69) is 27.1 Å². The largest absolute Gasteiger partial charge is 0.323 e. The van der Waals surface area contributed by atoms with Crippen molar-refractivity contribution in [2.45, 2.75) is 18.9 Å². The number of rotatable bonds is 4. The first-order valence-corrected chi connectivity index (χ1v) is 9.16. The molecule has 1 atom stereocenters. The Morgan fingerprint density at radius 3 is 2.69 bits per heavy atom. The number of amides is 1. The maximum Gasteiger partial charge on any atom is 0.227 e. The highest BCUT2D eigenvalue weighted by molar-refractivity contribution is 9.11. The van der Waals surface area contributed by atoms with Gasteiger partial charge < -0.3 is 9.47 Å². The van der Waals surface area contributed by atoms with Crippen molar-refractivity contribution >= 4 is 38.6 Å². The van der Waals surface area contributed by atoms with Crippen molar-refractivity contribution in [1.29, 1.82) is 0 Å². The Kier molecular flexibility index (Phi) is 4.36. The number of halogens is 2. The molecule has 0 bridgehead atoms. The molecule has 1 aromatic heterocycles. The fraction of sp³-hybridized carbons (Fsp3) is 0.200. The summed E-state index contributed by atoms with van der Waals surface area (Å²) in [5.74, 6) is 0.573. The Morgan fingerprint density at radius 2 is 1.96 bits per heavy atom. The summed E-state index contributed by atoms with van der Waals surface area (Å²) < 4.78 is 16.1. The number of imidazole rings is 1. The van der Waals surface area contributed by atoms with Gasteiger partial charge in [0.25, 0.3) is 0 Å². The van der Waals surface area contributed by atoms with Crippen LogP contribution in [-0.2, 0) is 11.3 Å². The van der Waals surface area contributed by atoms with Gasteiger partial charge in [0.05, 0.1) is 17.6 Å². The monoisotopic (exact) mass is 413 g/mol. The van der Waals surface area contributed by atoms with Gasteiger partial charge >= 0.3 is 0 Å². The van der Waals surface area contributed by atoms with E-state index in [0.717, 1.165) is 21.3 Å². The summed E-state index contributed by atoms with van der Waals surface area (Å²) in [5.41, 5.74) is 2.64. The quantitative estimate of drug-likeness (QED) is 0.626. The molecule has 1 saturated heterocycles. The number of nitrogens with zero attached hydrogens (tertiary/aromatic N) is 3. The summed E-state index contributed by atoms with van der Waals surface area (Å²) in [4.78, 5) is 19.1. The maximum absolute atomic E-state index is 13.2. The number of anilines is 1. The molecule has 0 spiro atoms. The molecule has 1 aliphatic heterocycles. The molecule has 1 fully saturated rings. The zero-order valence-electron chi connectivity index (χ0n) is 14.0. The summed E-state index contributed by atoms with van der Waals surface area (Å²) in [5, 5.41) is 0. The molecular formula is C20H17BrFN3O. The number of fused-ring (bicyclic) bond motifs is 1. The van der Waals surface area contributed by atoms with Gasteiger partial charge in [0.15, 0.2) is 0 Å². The van der Waals surface area contributed by atoms with Crippen LogP contribution in [0.15, 0.2) is 59.6 Å². The Labute approximate surface area is 159 Å². The maximum atomic E-state index is 13.2. The van der Waals surface area contributed by atoms with Crippen LogP contribution in [0.25, 0.3) is 11.0 Å². The van der Waals surface area contributed by atoms with Crippen LogP contribution in [0.1, 0.15) is 18.2 Å². The minimum Gasteiger partial charge on any atom is -0.323 e. The lowest BCUT2D eigenvalue weighted by molar-refractivity contribution is -0.117. The van der Waals surface area contributed by atoms with Crippen LogP contribution in [0.2, 0.25) is 0 Å². The van der Waals surface area contributed by atoms with Gasteiger partial charge in [-0.05, 0) is 36.4 Å². The summed E-state index contributed by atoms with van der Waals surface area (Å²) in [6, 6.07) is 14.0. The van der Waals surface area contributed by atoms with Gasteiger partial charge in [-0.2, -0.15) is 0 Å². The highest BCUT2D eigenvalue weighted by Gasteiger charge is 2.34. The van der Waals surface area contributed by atoms with Crippen LogP contribution in [0.4, 0.5) is 10.1 Å². The smallest absolute Gasteiger partial charge is 0.227 e. The predicted octanol–water partition coefficient (Wildman–Crippen LogP) is 4.60. The first kappa shape index (κ1) is 17.0. The van der Waals surface area contributed by atoms with E-state index in [9.17, 15) is 9.18 Å². The van der Waals surface area contributed by atoms with Gasteiger partial charge in [0.1, 0.15) is 11.6 Å². The molecule has 0 saturated carbocycles. The minimum atomic E-state index is -0.311. The molecule has 0 aliphatic carbocycles. The number of allylic oxidation sites excluding steroid dienone is 1. The van der Waals surface area contributed by atoms with Crippen LogP contribution in [0.3, 0.4) is 0 Å². The van der Waals surface area contributed by atoms with Crippen molar-refractivity contribution in [1.82, 2.24) is 9.55 Å². The number of carbonyl (C=O) groups excluding carboxylic acids is 1. The van der Waals surface area contributed by atoms with Gasteiger partial charge in [-0.25, -0.2) is 9.37 Å². The van der Waals surface area contributed by atoms with Crippen LogP contribution in [-0.4, -0.2) is 22.0 Å². The minimum absolute atomic E-state index is 0.0215. The van der Waals surface area contributed by atoms with Crippen LogP contribution in [0, 0.1) is 5.82 Å². The Morgan fingerprint density at radius 1 is 1.23 bits per heavy atom. The topological polar surface area (TPSA) is 38.1 Å². The molecule has 1 aliphatic rings. The van der Waals surface area contributed by atoms with Crippen molar-refractivity contribution in [2.24, 2.45) is 0 Å². The van der Waals surface area contributed by atoms with Crippen molar-refractivity contribution in [3.05, 3.63) is 71.2 Å². The standard InChI is InChI=1S/C20H17BrFN3O/c1-13(21)11-25-18-5-3-2-4-17(18)23-20(25)14-10-19(26)24(12-14)16-8-6-15(22)7-9-16/h2-9,14H,1,10-12H2. The van der Waals surface area contributed by atoms with Gasteiger partial charge in [0, 0.05) is 29.1 Å². The number of para-hydroxylation sites is 2. The fourth-order valence-corrected chi connectivity index (χ4v) is 3.75. The third-order valence-electron chi connectivity index (χ3n) is 4.64. The Bertz CT molecular complexity index is 996. The summed E-state index contributed by atoms with van der Waals surface area (Å²) in [6.45, 7) is 5.07. The molecule has 2 heterocycles. The average molecular weight is 414 g/mol. The van der Waals surface area contributed by atoms with Crippen molar-refractivity contribution in [3.63, 3.8) is 0 Å². The van der Waals surface area contributed by atoms with E-state index in [1.54, 1.807) is 17.0 Å². The Balaban J connectivity index is 1.71. The summed E-state index contributed by atoms with van der Waals surface area (Å²) in [7, 11) is 0. The lowest BCUT2D eigenvalue weighted by atomic mass is 10.1. The van der Waals surface area contributed by atoms with Crippen LogP contribution < -0.4 is 4.90 Å². The van der Waals surface area contributed by atoms with Gasteiger partial charge in [-0.3, -0.25) is 4.79 Å². The molecule has 0 N–H and O–H groups in total. The van der Waals surface area contributed by atoms with Crippen LogP contribution in [0.5, 0.6) is 0 Å². The molecule has 6 heteroatoms. The van der Waals surface area contributed by atoms with E-state index in [1.165, 1.54) is 12.1 Å². The molecule has 1 unspecified atom stereocenters. The van der Waals surface area contributed by atoms with E-state index in [1.807, 2.05) is 24.3 Å². The zero-order valence-corrected chi connectivity index (χ0v) is 15.6. The molecular weight excluding hydrogens is 397 g/mol. The van der Waals surface area contributed by atoms with Crippen molar-refractivity contribution < 1.29 is 9.18 Å². The Hall–Kier alpha value is -2.47. The number of hydrogen-bond acceptors (Lipinski definition) is 2. The molecule has 1 amide bonds. The fourth-order valence-electron chi connectivity index (χ4n) is 3.49. The highest BCUT2D eigenvalue weighted by atomic mass is 79.9. The molecule has 3 aromatic rings. The molecule has 0 radical (unpaired) electrons. The number of carbonyl (C=O) groups is 1. The second-order valence-corrected chi connectivity index (χ2v) is 7.57. The van der Waals surface area contributed by atoms with E-state index < -0.39 is 0 Å². The second kappa shape index (κ2) is 6.68. The average Bonchev–Trinajstić information content (AvgIpc) is 3.16. The van der Waals surface area contributed by atoms with Crippen LogP contribution >= 0.6 is 15.9 Å². The zero-order chi connectivity index (χ0) is 18.3. The third-order valence-corrected chi connectivity index (χ3v) is 4.89. The number of benzene rings is 2. The SMILES string of the molecule is C=C(Br)Cn1c(C2CC(=O)N(c3ccc(F)cc3)C2)nc2ccccc21. The predicted molar refractivity (Wildman–Crippen MR) is 104 cm³/mol. The molecule has 2 aromatic carbocycles. The van der Waals surface area contributed by atoms with Gasteiger partial charge in [-0.15, -0.1) is 0 Å². The molecule has 132 valence electrons. The normalized spacial score (nSPS) is 17.2. The van der Waals surface area contributed by atoms with Crippen molar-refractivity contribution in [2.75, 3.05) is 11.4 Å². The number of hydrogen-bond donors (Lipinski definition) is 0. The highest BCUT2D eigenvalue weighted by Crippen LogP contribution is 2.33. The first-order chi connectivity index (χ1) is 12.5. The lowest BCUT2D eigenvalue weighted by Gasteiger charge is -2.17. The first-order valence-electron chi connectivity index (χ1n) is 8.37. The summed E-state index contributed by atoms with van der Waals surface area (Å²) >= 11 is 3.44. The van der Waals surface area contributed by atoms with E-state index in [0.29, 0.717) is 25.2 Å². The molecule has 26 heavy (non-hydrogen) atoms. The van der Waals surface area contributed by atoms with E-state index in [-0.39, 0.29) is 17.6 Å². The van der Waals surface area contributed by atoms with Gasteiger partial charge in [-0.1, -0.05) is 34.6 Å². The molecule has 4 rings (SSSR count). The molecule has 4 nitrogen and oxygen atoms in total. The third kappa shape index (κ3) is 3.05. The van der Waals surface area contributed by atoms with Gasteiger partial charge in [0.2, 0.25) is 5.91 Å². The second-order valence-electron chi connectivity index (χ2n) is 6.44. The lowest BCUT2D eigenvalue weighted by Crippen LogP contribution is -2.24. The van der Waals surface area contributed by atoms with Crippen molar-refractivity contribution in [3.8, 4) is 0 Å². The van der Waals surface area contributed by atoms with E-state index in [4.69, 9.17) is 4.98 Å². The summed E-state index contributed by atoms with van der Waals surface area (Å²) in [6.07, 6.45) is 0.384. The number of aromatic nitrogens is 2. The van der Waals surface area contributed by atoms with E-state index >= 15 is 0 Å².